The van der Waals surface area contributed by atoms with Crippen molar-refractivity contribution in [2.75, 3.05) is 18.0 Å². The van der Waals surface area contributed by atoms with Gasteiger partial charge < -0.3 is 0 Å². The molecule has 3 atom stereocenters. The average molecular weight is 492 g/mol. The minimum Gasteiger partial charge on any atom is -0.274 e. The highest BCUT2D eigenvalue weighted by atomic mass is 79.9. The number of nitro groups is 1. The van der Waals surface area contributed by atoms with Crippen LogP contribution in [0.1, 0.15) is 18.0 Å². The average Bonchev–Trinajstić information content (AvgIpc) is 3.36. The molecule has 0 saturated carbocycles. The summed E-state index contributed by atoms with van der Waals surface area (Å²) in [6.45, 7) is 1.47. The first-order chi connectivity index (χ1) is 14.4. The van der Waals surface area contributed by atoms with E-state index in [0.717, 1.165) is 27.9 Å². The van der Waals surface area contributed by atoms with Crippen LogP contribution in [0.25, 0.3) is 0 Å². The number of nitrogens with zero attached hydrogens (tertiary/aromatic N) is 4. The Hall–Kier alpha value is -2.33. The van der Waals surface area contributed by atoms with E-state index in [0.29, 0.717) is 6.54 Å². The first-order valence-corrected chi connectivity index (χ1v) is 10.7. The molecule has 3 heterocycles. The second-order valence-electron chi connectivity index (χ2n) is 7.55. The van der Waals surface area contributed by atoms with E-state index in [4.69, 9.17) is 11.6 Å². The number of rotatable bonds is 3. The molecule has 0 bridgehead atoms. The van der Waals surface area contributed by atoms with Gasteiger partial charge in [-0.1, -0.05) is 39.7 Å². The van der Waals surface area contributed by atoms with Crippen molar-refractivity contribution in [3.63, 3.8) is 0 Å². The zero-order valence-electron chi connectivity index (χ0n) is 15.6. The Labute approximate surface area is 185 Å². The highest BCUT2D eigenvalue weighted by Gasteiger charge is 2.62. The van der Waals surface area contributed by atoms with Gasteiger partial charge in [0.2, 0.25) is 5.91 Å². The first-order valence-electron chi connectivity index (χ1n) is 9.49. The fourth-order valence-electron chi connectivity index (χ4n) is 4.81. The number of halogens is 2. The second-order valence-corrected chi connectivity index (χ2v) is 8.87. The lowest BCUT2D eigenvalue weighted by Crippen LogP contribution is -2.44. The lowest BCUT2D eigenvalue weighted by molar-refractivity contribution is -0.384. The van der Waals surface area contributed by atoms with E-state index in [1.165, 1.54) is 18.2 Å². The van der Waals surface area contributed by atoms with Gasteiger partial charge in [-0.05, 0) is 36.2 Å². The number of nitro benzene ring substituents is 1. The van der Waals surface area contributed by atoms with Gasteiger partial charge in [-0.2, -0.15) is 0 Å². The molecular formula is C20H16BrClN4O4. The van der Waals surface area contributed by atoms with Crippen molar-refractivity contribution in [1.29, 1.82) is 0 Å². The Kier molecular flexibility index (Phi) is 4.66. The van der Waals surface area contributed by atoms with Crippen molar-refractivity contribution < 1.29 is 14.5 Å². The summed E-state index contributed by atoms with van der Waals surface area (Å²) in [5, 5.41) is 15.3. The number of hydrogen-bond donors (Lipinski definition) is 0. The lowest BCUT2D eigenvalue weighted by Gasteiger charge is -2.29. The maximum absolute atomic E-state index is 13.5. The Bertz CT molecular complexity index is 1080. The first kappa shape index (κ1) is 19.6. The molecule has 0 unspecified atom stereocenters. The molecule has 3 fully saturated rings. The Balaban J connectivity index is 1.58. The summed E-state index contributed by atoms with van der Waals surface area (Å²) in [6, 6.07) is 10.9. The highest BCUT2D eigenvalue weighted by Crippen LogP contribution is 2.49. The van der Waals surface area contributed by atoms with Gasteiger partial charge >= 0.3 is 0 Å². The van der Waals surface area contributed by atoms with E-state index in [-0.39, 0.29) is 34.3 Å². The molecule has 8 nitrogen and oxygen atoms in total. The van der Waals surface area contributed by atoms with Gasteiger partial charge in [-0.25, -0.2) is 14.9 Å². The molecule has 3 saturated heterocycles. The van der Waals surface area contributed by atoms with Gasteiger partial charge in [0.25, 0.3) is 11.6 Å². The van der Waals surface area contributed by atoms with Crippen molar-refractivity contribution in [3.05, 3.63) is 67.6 Å². The largest absolute Gasteiger partial charge is 0.289 e. The van der Waals surface area contributed by atoms with E-state index in [9.17, 15) is 19.7 Å². The third-order valence-corrected chi connectivity index (χ3v) is 6.85. The molecular weight excluding hydrogens is 476 g/mol. The molecule has 30 heavy (non-hydrogen) atoms. The van der Waals surface area contributed by atoms with Crippen molar-refractivity contribution in [2.45, 2.75) is 18.5 Å². The molecule has 2 amide bonds. The highest BCUT2D eigenvalue weighted by molar-refractivity contribution is 9.10. The number of carbonyl (C=O) groups excluding carboxylic acids is 2. The molecule has 154 valence electrons. The zero-order valence-corrected chi connectivity index (χ0v) is 17.9. The molecule has 2 aromatic rings. The standard InChI is InChI=1S/C20H16BrClN4O4/c21-12-4-2-11(3-5-12)17-16-18(24-9-1-8-23(17)24)20(28)25(19(16)27)13-6-7-14(22)15(10-13)26(29)30/h2-7,10,16-18H,1,8-9H2/t16-,17-,18+/m0/s1. The van der Waals surface area contributed by atoms with Crippen LogP contribution in [-0.4, -0.2) is 45.9 Å². The smallest absolute Gasteiger partial charge is 0.274 e. The summed E-state index contributed by atoms with van der Waals surface area (Å²) in [5.74, 6) is -1.27. The second kappa shape index (κ2) is 7.12. The van der Waals surface area contributed by atoms with Gasteiger partial charge in [0.1, 0.15) is 11.1 Å². The summed E-state index contributed by atoms with van der Waals surface area (Å²) in [5.41, 5.74) is 0.803. The Morgan fingerprint density at radius 1 is 1.00 bits per heavy atom. The van der Waals surface area contributed by atoms with Crippen molar-refractivity contribution in [1.82, 2.24) is 10.0 Å². The van der Waals surface area contributed by atoms with Crippen LogP contribution >= 0.6 is 27.5 Å². The predicted octanol–water partition coefficient (Wildman–Crippen LogP) is 3.55. The van der Waals surface area contributed by atoms with Crippen LogP contribution < -0.4 is 4.90 Å². The topological polar surface area (TPSA) is 87.0 Å². The van der Waals surface area contributed by atoms with Crippen LogP contribution in [0.5, 0.6) is 0 Å². The summed E-state index contributed by atoms with van der Waals surface area (Å²) in [6.07, 6.45) is 0.907. The number of carbonyl (C=O) groups is 2. The fourth-order valence-corrected chi connectivity index (χ4v) is 5.26. The number of imide groups is 1. The van der Waals surface area contributed by atoms with E-state index in [2.05, 4.69) is 20.9 Å². The number of amides is 2. The molecule has 3 aliphatic rings. The van der Waals surface area contributed by atoms with E-state index in [1.54, 1.807) is 0 Å². The van der Waals surface area contributed by atoms with Crippen LogP contribution in [-0.2, 0) is 9.59 Å². The number of benzene rings is 2. The van der Waals surface area contributed by atoms with Crippen molar-refractivity contribution in [2.24, 2.45) is 5.92 Å². The monoisotopic (exact) mass is 490 g/mol. The summed E-state index contributed by atoms with van der Waals surface area (Å²) in [7, 11) is 0. The fraction of sp³-hybridized carbons (Fsp3) is 0.300. The molecule has 2 aromatic carbocycles. The normalized spacial score (nSPS) is 26.3. The number of hydrazine groups is 1. The van der Waals surface area contributed by atoms with Gasteiger partial charge in [0, 0.05) is 23.6 Å². The maximum atomic E-state index is 13.5. The van der Waals surface area contributed by atoms with Crippen LogP contribution in [0.15, 0.2) is 46.9 Å². The molecule has 5 rings (SSSR count). The van der Waals surface area contributed by atoms with Gasteiger partial charge in [-0.15, -0.1) is 0 Å². The predicted molar refractivity (Wildman–Crippen MR) is 113 cm³/mol. The summed E-state index contributed by atoms with van der Waals surface area (Å²) in [4.78, 5) is 38.6. The molecule has 0 N–H and O–H groups in total. The number of anilines is 1. The Morgan fingerprint density at radius 3 is 2.33 bits per heavy atom. The van der Waals surface area contributed by atoms with Crippen LogP contribution in [0, 0.1) is 16.0 Å². The minimum absolute atomic E-state index is 0.0403. The van der Waals surface area contributed by atoms with Crippen molar-refractivity contribution >= 4 is 50.7 Å². The number of fused-ring (bicyclic) bond motifs is 3. The van der Waals surface area contributed by atoms with E-state index in [1.807, 2.05) is 29.3 Å². The molecule has 0 radical (unpaired) electrons. The van der Waals surface area contributed by atoms with Crippen LogP contribution in [0.2, 0.25) is 5.02 Å². The van der Waals surface area contributed by atoms with Crippen LogP contribution in [0.4, 0.5) is 11.4 Å². The van der Waals surface area contributed by atoms with Gasteiger partial charge in [0.15, 0.2) is 0 Å². The van der Waals surface area contributed by atoms with Gasteiger partial charge in [-0.3, -0.25) is 19.7 Å². The summed E-state index contributed by atoms with van der Waals surface area (Å²) >= 11 is 9.34. The molecule has 0 spiro atoms. The molecule has 0 aromatic heterocycles. The van der Waals surface area contributed by atoms with Crippen molar-refractivity contribution in [3.8, 4) is 0 Å². The molecule has 10 heteroatoms. The Morgan fingerprint density at radius 2 is 1.67 bits per heavy atom. The van der Waals surface area contributed by atoms with E-state index >= 15 is 0 Å². The minimum atomic E-state index is -0.621. The zero-order chi connectivity index (χ0) is 21.2. The quantitative estimate of drug-likeness (QED) is 0.371. The third kappa shape index (κ3) is 2.80. The SMILES string of the molecule is O=C1[C@@H]2[C@H](C(=O)N1c1ccc(Cl)c([N+](=O)[O-])c1)N1CCCN1[C@H]2c1ccc(Br)cc1. The van der Waals surface area contributed by atoms with Crippen LogP contribution in [0.3, 0.4) is 0 Å². The number of hydrogen-bond acceptors (Lipinski definition) is 6. The molecule has 0 aliphatic carbocycles. The lowest BCUT2D eigenvalue weighted by atomic mass is 9.90. The van der Waals surface area contributed by atoms with Gasteiger partial charge in [0.05, 0.1) is 22.6 Å². The third-order valence-electron chi connectivity index (χ3n) is 6.00. The maximum Gasteiger partial charge on any atom is 0.289 e. The van der Waals surface area contributed by atoms with E-state index < -0.39 is 16.9 Å². The summed E-state index contributed by atoms with van der Waals surface area (Å²) < 4.78 is 0.933. The molecule has 3 aliphatic heterocycles.